The largest absolute Gasteiger partial charge is 0.467 e. The van der Waals surface area contributed by atoms with Gasteiger partial charge >= 0.3 is 11.7 Å². The number of hydrogen-bond donors (Lipinski definition) is 0. The molecular formula is C11H12BrN3O4. The van der Waals surface area contributed by atoms with Crippen LogP contribution in [0.5, 0.6) is 0 Å². The molecule has 1 unspecified atom stereocenters. The fourth-order valence-electron chi connectivity index (χ4n) is 2.18. The fraction of sp³-hybridized carbons (Fsp3) is 0.455. The number of methoxy groups -OCH3 is 1. The van der Waals surface area contributed by atoms with Gasteiger partial charge in [-0.25, -0.2) is 9.78 Å². The predicted molar refractivity (Wildman–Crippen MR) is 71.0 cm³/mol. The third-order valence-corrected chi connectivity index (χ3v) is 3.44. The summed E-state index contributed by atoms with van der Waals surface area (Å²) in [6.45, 7) is 0.551. The summed E-state index contributed by atoms with van der Waals surface area (Å²) in [5, 5.41) is 11.1. The Morgan fingerprint density at radius 3 is 3.05 bits per heavy atom. The van der Waals surface area contributed by atoms with E-state index in [1.165, 1.54) is 19.4 Å². The SMILES string of the molecule is COC(=O)C1CCCN1c1ncc(Br)cc1[N+](=O)[O-]. The molecule has 8 heteroatoms. The lowest BCUT2D eigenvalue weighted by molar-refractivity contribution is -0.384. The van der Waals surface area contributed by atoms with Gasteiger partial charge in [-0.3, -0.25) is 10.1 Å². The van der Waals surface area contributed by atoms with Crippen molar-refractivity contribution in [2.75, 3.05) is 18.6 Å². The summed E-state index contributed by atoms with van der Waals surface area (Å²) in [5.41, 5.74) is -0.120. The number of hydrogen-bond acceptors (Lipinski definition) is 6. The lowest BCUT2D eigenvalue weighted by Crippen LogP contribution is -2.37. The quantitative estimate of drug-likeness (QED) is 0.478. The Morgan fingerprint density at radius 2 is 2.42 bits per heavy atom. The maximum Gasteiger partial charge on any atom is 0.328 e. The monoisotopic (exact) mass is 329 g/mol. The van der Waals surface area contributed by atoms with Crippen molar-refractivity contribution in [3.8, 4) is 0 Å². The predicted octanol–water partition coefficient (Wildman–Crippen LogP) is 1.89. The number of nitrogens with zero attached hydrogens (tertiary/aromatic N) is 3. The first-order valence-electron chi connectivity index (χ1n) is 5.69. The Labute approximate surface area is 117 Å². The molecule has 0 radical (unpaired) electrons. The summed E-state index contributed by atoms with van der Waals surface area (Å²) in [6, 6.07) is 0.881. The van der Waals surface area contributed by atoms with Crippen LogP contribution in [0.2, 0.25) is 0 Å². The molecule has 0 amide bonds. The molecule has 1 aromatic heterocycles. The summed E-state index contributed by atoms with van der Waals surface area (Å²) in [5.74, 6) is -0.183. The van der Waals surface area contributed by atoms with Crippen LogP contribution in [0.4, 0.5) is 11.5 Å². The second-order valence-corrected chi connectivity index (χ2v) is 5.04. The minimum absolute atomic E-state index is 0.120. The second kappa shape index (κ2) is 5.52. The Balaban J connectivity index is 2.40. The number of nitro groups is 1. The average molecular weight is 330 g/mol. The number of pyridine rings is 1. The third-order valence-electron chi connectivity index (χ3n) is 3.01. The van der Waals surface area contributed by atoms with Gasteiger partial charge in [0.2, 0.25) is 5.82 Å². The normalized spacial score (nSPS) is 18.4. The zero-order chi connectivity index (χ0) is 14.0. The van der Waals surface area contributed by atoms with Crippen LogP contribution in [0.15, 0.2) is 16.7 Å². The van der Waals surface area contributed by atoms with Gasteiger partial charge in [0.05, 0.1) is 12.0 Å². The van der Waals surface area contributed by atoms with Crippen LogP contribution in [0.1, 0.15) is 12.8 Å². The van der Waals surface area contributed by atoms with E-state index >= 15 is 0 Å². The summed E-state index contributed by atoms with van der Waals surface area (Å²) < 4.78 is 5.25. The zero-order valence-corrected chi connectivity index (χ0v) is 11.8. The van der Waals surface area contributed by atoms with Crippen molar-refractivity contribution in [1.29, 1.82) is 0 Å². The van der Waals surface area contributed by atoms with Crippen LogP contribution in [-0.4, -0.2) is 35.6 Å². The first kappa shape index (κ1) is 13.7. The summed E-state index contributed by atoms with van der Waals surface area (Å²) in [7, 11) is 1.31. The minimum atomic E-state index is -0.502. The molecule has 0 bridgehead atoms. The number of carbonyl (C=O) groups excluding carboxylic acids is 1. The zero-order valence-electron chi connectivity index (χ0n) is 10.2. The molecule has 19 heavy (non-hydrogen) atoms. The molecule has 0 aliphatic carbocycles. The number of esters is 1. The van der Waals surface area contributed by atoms with Crippen molar-refractivity contribution >= 4 is 33.4 Å². The number of carbonyl (C=O) groups is 1. The molecule has 1 aliphatic heterocycles. The van der Waals surface area contributed by atoms with Gasteiger partial charge < -0.3 is 9.64 Å². The Hall–Kier alpha value is -1.70. The topological polar surface area (TPSA) is 85.6 Å². The van der Waals surface area contributed by atoms with E-state index < -0.39 is 16.9 Å². The highest BCUT2D eigenvalue weighted by Crippen LogP contribution is 2.33. The molecule has 0 saturated carbocycles. The van der Waals surface area contributed by atoms with Crippen molar-refractivity contribution in [3.05, 3.63) is 26.9 Å². The number of aromatic nitrogens is 1. The molecule has 2 heterocycles. The smallest absolute Gasteiger partial charge is 0.328 e. The van der Waals surface area contributed by atoms with Crippen LogP contribution < -0.4 is 4.90 Å². The highest BCUT2D eigenvalue weighted by Gasteiger charge is 2.36. The van der Waals surface area contributed by atoms with Crippen molar-refractivity contribution in [1.82, 2.24) is 4.98 Å². The third kappa shape index (κ3) is 2.67. The lowest BCUT2D eigenvalue weighted by Gasteiger charge is -2.23. The van der Waals surface area contributed by atoms with Crippen LogP contribution in [0.3, 0.4) is 0 Å². The van der Waals surface area contributed by atoms with Gasteiger partial charge in [0.1, 0.15) is 6.04 Å². The molecule has 0 aromatic carbocycles. The molecule has 1 atom stereocenters. The molecular weight excluding hydrogens is 318 g/mol. The van der Waals surface area contributed by atoms with E-state index in [9.17, 15) is 14.9 Å². The van der Waals surface area contributed by atoms with Crippen LogP contribution in [-0.2, 0) is 9.53 Å². The average Bonchev–Trinajstić information content (AvgIpc) is 2.86. The van der Waals surface area contributed by atoms with E-state index in [4.69, 9.17) is 4.74 Å². The Morgan fingerprint density at radius 1 is 1.68 bits per heavy atom. The molecule has 2 rings (SSSR count). The van der Waals surface area contributed by atoms with Crippen LogP contribution in [0.25, 0.3) is 0 Å². The number of anilines is 1. The van der Waals surface area contributed by atoms with Crippen LogP contribution in [0, 0.1) is 10.1 Å². The van der Waals surface area contributed by atoms with Gasteiger partial charge in [-0.15, -0.1) is 0 Å². The highest BCUT2D eigenvalue weighted by atomic mass is 79.9. The van der Waals surface area contributed by atoms with Crippen molar-refractivity contribution in [2.24, 2.45) is 0 Å². The fourth-order valence-corrected chi connectivity index (χ4v) is 2.50. The minimum Gasteiger partial charge on any atom is -0.467 e. The molecule has 1 saturated heterocycles. The number of ether oxygens (including phenoxy) is 1. The van der Waals surface area contributed by atoms with E-state index in [1.54, 1.807) is 4.90 Å². The Kier molecular flexibility index (Phi) is 3.98. The van der Waals surface area contributed by atoms with Gasteiger partial charge in [-0.2, -0.15) is 0 Å². The number of rotatable bonds is 3. The molecule has 1 aliphatic rings. The van der Waals surface area contributed by atoms with E-state index in [1.807, 2.05) is 0 Å². The van der Waals surface area contributed by atoms with E-state index in [0.717, 1.165) is 6.42 Å². The van der Waals surface area contributed by atoms with Gasteiger partial charge in [0.15, 0.2) is 0 Å². The molecule has 1 fully saturated rings. The van der Waals surface area contributed by atoms with Gasteiger partial charge in [-0.05, 0) is 28.8 Å². The maximum atomic E-state index is 11.7. The highest BCUT2D eigenvalue weighted by molar-refractivity contribution is 9.10. The maximum absolute atomic E-state index is 11.7. The lowest BCUT2D eigenvalue weighted by atomic mass is 10.2. The summed E-state index contributed by atoms with van der Waals surface area (Å²) >= 11 is 3.15. The standard InChI is InChI=1S/C11H12BrN3O4/c1-19-11(16)8-3-2-4-14(8)10-9(15(17)18)5-7(12)6-13-10/h5-6,8H,2-4H2,1H3. The van der Waals surface area contributed by atoms with E-state index in [-0.39, 0.29) is 11.5 Å². The molecule has 1 aromatic rings. The summed E-state index contributed by atoms with van der Waals surface area (Å²) in [6.07, 6.45) is 2.87. The second-order valence-electron chi connectivity index (χ2n) is 4.13. The van der Waals surface area contributed by atoms with Crippen molar-refractivity contribution in [2.45, 2.75) is 18.9 Å². The van der Waals surface area contributed by atoms with Gasteiger partial charge in [-0.1, -0.05) is 0 Å². The summed E-state index contributed by atoms with van der Waals surface area (Å²) in [4.78, 5) is 28.0. The molecule has 7 nitrogen and oxygen atoms in total. The van der Waals surface area contributed by atoms with E-state index in [0.29, 0.717) is 17.4 Å². The molecule has 0 spiro atoms. The molecule has 0 N–H and O–H groups in total. The van der Waals surface area contributed by atoms with Gasteiger partial charge in [0.25, 0.3) is 0 Å². The van der Waals surface area contributed by atoms with Gasteiger partial charge in [0, 0.05) is 23.3 Å². The van der Waals surface area contributed by atoms with Crippen molar-refractivity contribution < 1.29 is 14.5 Å². The van der Waals surface area contributed by atoms with E-state index in [2.05, 4.69) is 20.9 Å². The van der Waals surface area contributed by atoms with Crippen LogP contribution >= 0.6 is 15.9 Å². The van der Waals surface area contributed by atoms with Crippen molar-refractivity contribution in [3.63, 3.8) is 0 Å². The number of halogens is 1. The first-order chi connectivity index (χ1) is 9.04. The first-order valence-corrected chi connectivity index (χ1v) is 6.48. The Bertz CT molecular complexity index is 523. The molecule has 102 valence electrons.